The standard InChI is InChI=1S/C34H23N3/c1-37(29-19-17-21-9-7-15-25-23-11-3-5-13-27(23)33(29)31(21)25)34(35)36-28-18-16-20-8-6-14-24-22-10-2-4-12-26(22)32(28)30(20)24/h2-19H,1H3,(H2,35,36). The van der Waals surface area contributed by atoms with E-state index in [0.29, 0.717) is 5.96 Å². The van der Waals surface area contributed by atoms with Crippen LogP contribution in [0, 0.1) is 5.41 Å². The maximum atomic E-state index is 9.15. The van der Waals surface area contributed by atoms with Gasteiger partial charge in [0.05, 0.1) is 5.69 Å². The fourth-order valence-corrected chi connectivity index (χ4v) is 6.34. The molecule has 8 rings (SSSR count). The van der Waals surface area contributed by atoms with Gasteiger partial charge >= 0.3 is 0 Å². The van der Waals surface area contributed by atoms with Crippen molar-refractivity contribution < 1.29 is 0 Å². The number of hydrogen-bond donors (Lipinski definition) is 2. The summed E-state index contributed by atoms with van der Waals surface area (Å²) >= 11 is 0. The van der Waals surface area contributed by atoms with Crippen LogP contribution in [0.15, 0.2) is 109 Å². The Morgan fingerprint density at radius 2 is 1.05 bits per heavy atom. The van der Waals surface area contributed by atoms with Crippen molar-refractivity contribution in [1.29, 1.82) is 5.41 Å². The molecule has 0 aliphatic heterocycles. The third kappa shape index (κ3) is 2.68. The van der Waals surface area contributed by atoms with Crippen molar-refractivity contribution >= 4 is 38.9 Å². The van der Waals surface area contributed by atoms with Crippen LogP contribution < -0.4 is 10.2 Å². The second-order valence-electron chi connectivity index (χ2n) is 9.88. The van der Waals surface area contributed by atoms with Crippen LogP contribution in [0.25, 0.3) is 66.1 Å². The molecule has 6 aromatic carbocycles. The molecule has 0 heterocycles. The summed E-state index contributed by atoms with van der Waals surface area (Å²) < 4.78 is 0. The number of rotatable bonds is 2. The predicted molar refractivity (Wildman–Crippen MR) is 157 cm³/mol. The van der Waals surface area contributed by atoms with Crippen molar-refractivity contribution in [2.24, 2.45) is 0 Å². The number of hydrogen-bond acceptors (Lipinski definition) is 1. The Morgan fingerprint density at radius 1 is 0.541 bits per heavy atom. The van der Waals surface area contributed by atoms with E-state index in [1.54, 1.807) is 0 Å². The fraction of sp³-hybridized carbons (Fsp3) is 0.0294. The molecule has 0 aromatic heterocycles. The van der Waals surface area contributed by atoms with E-state index in [1.807, 2.05) is 11.9 Å². The summed E-state index contributed by atoms with van der Waals surface area (Å²) in [4.78, 5) is 1.97. The van der Waals surface area contributed by atoms with Gasteiger partial charge in [-0.25, -0.2) is 0 Å². The topological polar surface area (TPSA) is 39.1 Å². The van der Waals surface area contributed by atoms with Gasteiger partial charge in [-0.2, -0.15) is 0 Å². The maximum absolute atomic E-state index is 9.15. The molecular formula is C34H23N3. The van der Waals surface area contributed by atoms with Crippen LogP contribution >= 0.6 is 0 Å². The molecule has 174 valence electrons. The van der Waals surface area contributed by atoms with Crippen LogP contribution in [0.4, 0.5) is 11.4 Å². The van der Waals surface area contributed by atoms with Gasteiger partial charge in [-0.15, -0.1) is 0 Å². The summed E-state index contributed by atoms with van der Waals surface area (Å²) in [7, 11) is 1.98. The third-order valence-electron chi connectivity index (χ3n) is 7.99. The van der Waals surface area contributed by atoms with Gasteiger partial charge in [-0.3, -0.25) is 5.41 Å². The third-order valence-corrected chi connectivity index (χ3v) is 7.99. The van der Waals surface area contributed by atoms with Crippen molar-refractivity contribution in [3.05, 3.63) is 109 Å². The highest BCUT2D eigenvalue weighted by molar-refractivity contribution is 6.23. The first-order chi connectivity index (χ1) is 18.2. The van der Waals surface area contributed by atoms with Crippen LogP contribution in [0.5, 0.6) is 0 Å². The molecule has 3 nitrogen and oxygen atoms in total. The zero-order chi connectivity index (χ0) is 24.7. The van der Waals surface area contributed by atoms with Crippen molar-refractivity contribution in [3.63, 3.8) is 0 Å². The molecule has 0 saturated carbocycles. The lowest BCUT2D eigenvalue weighted by Crippen LogP contribution is -2.32. The molecular weight excluding hydrogens is 450 g/mol. The molecule has 0 atom stereocenters. The first-order valence-corrected chi connectivity index (χ1v) is 12.6. The Hall–Kier alpha value is -4.89. The van der Waals surface area contributed by atoms with E-state index in [4.69, 9.17) is 5.41 Å². The van der Waals surface area contributed by atoms with Gasteiger partial charge in [-0.05, 0) is 67.1 Å². The maximum Gasteiger partial charge on any atom is 0.199 e. The molecule has 0 bridgehead atoms. The minimum atomic E-state index is 0.343. The SMILES string of the molecule is CN(C(=N)Nc1ccc2cccc3c2c1-c1ccccc1-3)c1ccc2cccc3c2c1-c1ccccc1-3. The van der Waals surface area contributed by atoms with Crippen LogP contribution in [0.1, 0.15) is 0 Å². The number of guanidine groups is 1. The normalized spacial score (nSPS) is 12.0. The van der Waals surface area contributed by atoms with Crippen LogP contribution in [-0.4, -0.2) is 13.0 Å². The molecule has 0 spiro atoms. The van der Waals surface area contributed by atoms with Gasteiger partial charge in [0.15, 0.2) is 5.96 Å². The highest BCUT2D eigenvalue weighted by Crippen LogP contribution is 2.52. The Kier molecular flexibility index (Phi) is 4.01. The molecule has 0 saturated heterocycles. The second-order valence-corrected chi connectivity index (χ2v) is 9.88. The van der Waals surface area contributed by atoms with Crippen LogP contribution in [-0.2, 0) is 0 Å². The molecule has 0 radical (unpaired) electrons. The van der Waals surface area contributed by atoms with Crippen LogP contribution in [0.2, 0.25) is 0 Å². The largest absolute Gasteiger partial charge is 0.325 e. The second kappa shape index (κ2) is 7.31. The minimum absolute atomic E-state index is 0.343. The zero-order valence-electron chi connectivity index (χ0n) is 20.3. The number of nitrogens with one attached hydrogen (secondary N) is 2. The molecule has 37 heavy (non-hydrogen) atoms. The number of anilines is 2. The fourth-order valence-electron chi connectivity index (χ4n) is 6.34. The Balaban J connectivity index is 1.25. The van der Waals surface area contributed by atoms with E-state index in [-0.39, 0.29) is 0 Å². The van der Waals surface area contributed by atoms with Crippen molar-refractivity contribution in [2.45, 2.75) is 0 Å². The Morgan fingerprint density at radius 3 is 1.70 bits per heavy atom. The average molecular weight is 474 g/mol. The summed E-state index contributed by atoms with van der Waals surface area (Å²) in [5.41, 5.74) is 11.9. The van der Waals surface area contributed by atoms with Crippen molar-refractivity contribution in [3.8, 4) is 44.5 Å². The number of nitrogens with zero attached hydrogens (tertiary/aromatic N) is 1. The summed E-state index contributed by atoms with van der Waals surface area (Å²) in [6, 6.07) is 38.8. The minimum Gasteiger partial charge on any atom is -0.325 e. The molecule has 0 fully saturated rings. The molecule has 0 amide bonds. The van der Waals surface area contributed by atoms with E-state index in [2.05, 4.69) is 115 Å². The lowest BCUT2D eigenvalue weighted by molar-refractivity contribution is 1.22. The summed E-state index contributed by atoms with van der Waals surface area (Å²) in [5, 5.41) is 17.6. The van der Waals surface area contributed by atoms with E-state index in [0.717, 1.165) is 11.4 Å². The van der Waals surface area contributed by atoms with E-state index < -0.39 is 0 Å². The average Bonchev–Trinajstić information content (AvgIpc) is 3.47. The summed E-state index contributed by atoms with van der Waals surface area (Å²) in [6.45, 7) is 0. The van der Waals surface area contributed by atoms with Crippen LogP contribution in [0.3, 0.4) is 0 Å². The first kappa shape index (κ1) is 20.3. The monoisotopic (exact) mass is 473 g/mol. The lowest BCUT2D eigenvalue weighted by Gasteiger charge is -2.25. The molecule has 6 aromatic rings. The Labute approximate surface area is 215 Å². The summed E-state index contributed by atoms with van der Waals surface area (Å²) in [6.07, 6.45) is 0. The smallest absolute Gasteiger partial charge is 0.199 e. The van der Waals surface area contributed by atoms with E-state index in [9.17, 15) is 0 Å². The van der Waals surface area contributed by atoms with Gasteiger partial charge in [0.1, 0.15) is 0 Å². The number of fused-ring (bicyclic) bond motifs is 6. The molecule has 3 heteroatoms. The highest BCUT2D eigenvalue weighted by Gasteiger charge is 2.27. The van der Waals surface area contributed by atoms with Gasteiger partial charge in [0.2, 0.25) is 0 Å². The molecule has 2 aliphatic carbocycles. The van der Waals surface area contributed by atoms with Gasteiger partial charge in [-0.1, -0.05) is 97.1 Å². The molecule has 2 aliphatic rings. The Bertz CT molecular complexity index is 1950. The van der Waals surface area contributed by atoms with Gasteiger partial charge in [0, 0.05) is 23.9 Å². The van der Waals surface area contributed by atoms with Crippen molar-refractivity contribution in [1.82, 2.24) is 0 Å². The van der Waals surface area contributed by atoms with Gasteiger partial charge < -0.3 is 10.2 Å². The predicted octanol–water partition coefficient (Wildman–Crippen LogP) is 8.77. The first-order valence-electron chi connectivity index (χ1n) is 12.6. The molecule has 2 N–H and O–H groups in total. The van der Waals surface area contributed by atoms with Gasteiger partial charge in [0.25, 0.3) is 0 Å². The quantitative estimate of drug-likeness (QED) is 0.195. The van der Waals surface area contributed by atoms with E-state index in [1.165, 1.54) is 66.1 Å². The molecule has 0 unspecified atom stereocenters. The van der Waals surface area contributed by atoms with E-state index >= 15 is 0 Å². The summed E-state index contributed by atoms with van der Waals surface area (Å²) in [5.74, 6) is 0.343. The zero-order valence-corrected chi connectivity index (χ0v) is 20.3. The number of benzene rings is 6. The highest BCUT2D eigenvalue weighted by atomic mass is 15.3. The lowest BCUT2D eigenvalue weighted by atomic mass is 10.0. The van der Waals surface area contributed by atoms with Crippen molar-refractivity contribution in [2.75, 3.05) is 17.3 Å².